The summed E-state index contributed by atoms with van der Waals surface area (Å²) in [5, 5.41) is 15.6. The van der Waals surface area contributed by atoms with E-state index in [9.17, 15) is 9.65 Å². The predicted octanol–water partition coefficient (Wildman–Crippen LogP) is 7.45. The molecule has 0 aliphatic heterocycles. The lowest BCUT2D eigenvalue weighted by molar-refractivity contribution is 0.475. The van der Waals surface area contributed by atoms with E-state index in [0.29, 0.717) is 17.0 Å². The minimum absolute atomic E-state index is 0.298. The molecule has 0 spiro atoms. The van der Waals surface area contributed by atoms with Crippen LogP contribution in [0.5, 0.6) is 0 Å². The summed E-state index contributed by atoms with van der Waals surface area (Å²) in [6.07, 6.45) is 5.40. The molecule has 186 valence electrons. The van der Waals surface area contributed by atoms with Crippen LogP contribution >= 0.6 is 0 Å². The van der Waals surface area contributed by atoms with E-state index in [2.05, 4.69) is 47.5 Å². The Morgan fingerprint density at radius 1 is 0.718 bits per heavy atom. The normalized spacial score (nSPS) is 11.6. The highest BCUT2D eigenvalue weighted by atomic mass is 19.1. The second-order valence-corrected chi connectivity index (χ2v) is 9.19. The van der Waals surface area contributed by atoms with Crippen molar-refractivity contribution in [2.45, 2.75) is 5.54 Å². The van der Waals surface area contributed by atoms with Gasteiger partial charge in [0.05, 0.1) is 17.4 Å². The molecule has 0 radical (unpaired) electrons. The van der Waals surface area contributed by atoms with Crippen LogP contribution in [0.1, 0.15) is 33.6 Å². The quantitative estimate of drug-likeness (QED) is 0.220. The number of fused-ring (bicyclic) bond motifs is 1. The lowest BCUT2D eigenvalue weighted by atomic mass is 9.77. The molecule has 0 unspecified atom stereocenters. The maximum Gasteiger partial charge on any atom is 0.141 e. The van der Waals surface area contributed by atoms with E-state index in [-0.39, 0.29) is 5.82 Å². The first-order valence-corrected chi connectivity index (χ1v) is 12.6. The van der Waals surface area contributed by atoms with Crippen LogP contribution in [0.15, 0.2) is 128 Å². The van der Waals surface area contributed by atoms with E-state index < -0.39 is 5.54 Å². The third-order valence-corrected chi connectivity index (χ3v) is 6.88. The molecule has 4 nitrogen and oxygen atoms in total. The van der Waals surface area contributed by atoms with Gasteiger partial charge in [-0.15, -0.1) is 0 Å². The molecular formula is C34H23FN4. The molecule has 6 aromatic rings. The Balaban J connectivity index is 1.71. The van der Waals surface area contributed by atoms with Gasteiger partial charge in [0.25, 0.3) is 0 Å². The molecule has 2 heterocycles. The molecule has 0 amide bonds. The number of halogens is 1. The molecular weight excluding hydrogens is 483 g/mol. The van der Waals surface area contributed by atoms with Gasteiger partial charge in [-0.05, 0) is 46.5 Å². The molecule has 0 atom stereocenters. The Labute approximate surface area is 225 Å². The standard InChI is InChI=1S/C34H23FN4/c35-29-18-10-11-25(21-29)19-20-32-31-22-30(23-36)37-24-33(31)39(38-32)34(26-12-4-1-5-13-26,27-14-6-2-7-15-27)28-16-8-3-9-17-28/h1-22,24H/b20-19+. The van der Waals surface area contributed by atoms with Crippen LogP contribution in [-0.4, -0.2) is 14.8 Å². The van der Waals surface area contributed by atoms with Crippen molar-refractivity contribution in [3.05, 3.63) is 167 Å². The number of benzene rings is 4. The summed E-state index contributed by atoms with van der Waals surface area (Å²) < 4.78 is 15.9. The highest BCUT2D eigenvalue weighted by molar-refractivity contribution is 5.90. The fourth-order valence-electron chi connectivity index (χ4n) is 5.17. The van der Waals surface area contributed by atoms with Crippen LogP contribution in [0.25, 0.3) is 23.1 Å². The van der Waals surface area contributed by atoms with Gasteiger partial charge in [0.2, 0.25) is 0 Å². The highest BCUT2D eigenvalue weighted by Crippen LogP contribution is 2.42. The molecule has 0 fully saturated rings. The summed E-state index contributed by atoms with van der Waals surface area (Å²) in [6.45, 7) is 0. The van der Waals surface area contributed by atoms with Gasteiger partial charge in [-0.3, -0.25) is 0 Å². The van der Waals surface area contributed by atoms with Crippen molar-refractivity contribution in [1.82, 2.24) is 14.8 Å². The average molecular weight is 507 g/mol. The molecule has 0 aliphatic rings. The Morgan fingerprint density at radius 3 is 1.85 bits per heavy atom. The number of hydrogen-bond donors (Lipinski definition) is 0. The van der Waals surface area contributed by atoms with Crippen molar-refractivity contribution in [2.24, 2.45) is 0 Å². The molecule has 0 saturated carbocycles. The summed E-state index contributed by atoms with van der Waals surface area (Å²) in [7, 11) is 0. The fourth-order valence-corrected chi connectivity index (χ4v) is 5.17. The first-order valence-electron chi connectivity index (χ1n) is 12.6. The Morgan fingerprint density at radius 2 is 1.31 bits per heavy atom. The number of pyridine rings is 1. The third kappa shape index (κ3) is 4.28. The molecule has 2 aromatic heterocycles. The van der Waals surface area contributed by atoms with Gasteiger partial charge < -0.3 is 0 Å². The van der Waals surface area contributed by atoms with Crippen LogP contribution in [0.2, 0.25) is 0 Å². The highest BCUT2D eigenvalue weighted by Gasteiger charge is 2.40. The van der Waals surface area contributed by atoms with Gasteiger partial charge in [-0.25, -0.2) is 14.1 Å². The zero-order valence-corrected chi connectivity index (χ0v) is 20.9. The lowest BCUT2D eigenvalue weighted by Gasteiger charge is -2.36. The van der Waals surface area contributed by atoms with E-state index in [1.165, 1.54) is 12.1 Å². The van der Waals surface area contributed by atoms with E-state index in [1.807, 2.05) is 77.5 Å². The lowest BCUT2D eigenvalue weighted by Crippen LogP contribution is -2.38. The van der Waals surface area contributed by atoms with Crippen molar-refractivity contribution >= 4 is 23.1 Å². The third-order valence-electron chi connectivity index (χ3n) is 6.88. The number of nitriles is 1. The van der Waals surface area contributed by atoms with Gasteiger partial charge in [-0.1, -0.05) is 109 Å². The SMILES string of the molecule is N#Cc1cc2c(/C=C/c3cccc(F)c3)nn(C(c3ccccc3)(c3ccccc3)c3ccccc3)c2cn1. The fraction of sp³-hybridized carbons (Fsp3) is 0.0294. The molecule has 4 aromatic carbocycles. The summed E-state index contributed by atoms with van der Waals surface area (Å²) in [4.78, 5) is 4.43. The van der Waals surface area contributed by atoms with Crippen molar-refractivity contribution in [2.75, 3.05) is 0 Å². The van der Waals surface area contributed by atoms with Crippen LogP contribution in [0.3, 0.4) is 0 Å². The smallest absolute Gasteiger partial charge is 0.141 e. The predicted molar refractivity (Wildman–Crippen MR) is 152 cm³/mol. The van der Waals surface area contributed by atoms with Crippen LogP contribution in [0.4, 0.5) is 4.39 Å². The molecule has 0 N–H and O–H groups in total. The van der Waals surface area contributed by atoms with Gasteiger partial charge in [0, 0.05) is 5.39 Å². The summed E-state index contributed by atoms with van der Waals surface area (Å²) >= 11 is 0. The molecule has 0 saturated heterocycles. The van der Waals surface area contributed by atoms with Gasteiger partial charge in [0.1, 0.15) is 23.1 Å². The van der Waals surface area contributed by atoms with Crippen molar-refractivity contribution in [3.63, 3.8) is 0 Å². The molecule has 6 rings (SSSR count). The van der Waals surface area contributed by atoms with E-state index in [0.717, 1.165) is 27.6 Å². The molecule has 0 bridgehead atoms. The Hall–Kier alpha value is -5.34. The van der Waals surface area contributed by atoms with Gasteiger partial charge in [-0.2, -0.15) is 10.4 Å². The molecule has 0 aliphatic carbocycles. The van der Waals surface area contributed by atoms with Crippen LogP contribution < -0.4 is 0 Å². The number of nitrogens with zero attached hydrogens (tertiary/aromatic N) is 4. The topological polar surface area (TPSA) is 54.5 Å². The maximum atomic E-state index is 13.9. The number of hydrogen-bond acceptors (Lipinski definition) is 3. The van der Waals surface area contributed by atoms with E-state index in [1.54, 1.807) is 18.3 Å². The number of aromatic nitrogens is 3. The molecule has 39 heavy (non-hydrogen) atoms. The van der Waals surface area contributed by atoms with E-state index >= 15 is 0 Å². The number of rotatable bonds is 6. The largest absolute Gasteiger partial charge is 0.243 e. The summed E-state index contributed by atoms with van der Waals surface area (Å²) in [5.74, 6) is -0.306. The van der Waals surface area contributed by atoms with Gasteiger partial charge >= 0.3 is 0 Å². The van der Waals surface area contributed by atoms with Crippen LogP contribution in [0, 0.1) is 17.1 Å². The monoisotopic (exact) mass is 506 g/mol. The van der Waals surface area contributed by atoms with Crippen molar-refractivity contribution in [3.8, 4) is 6.07 Å². The second-order valence-electron chi connectivity index (χ2n) is 9.19. The first kappa shape index (κ1) is 24.0. The maximum absolute atomic E-state index is 13.9. The average Bonchev–Trinajstić information content (AvgIpc) is 3.36. The minimum Gasteiger partial charge on any atom is -0.243 e. The Bertz CT molecular complexity index is 1720. The zero-order chi connectivity index (χ0) is 26.7. The Kier molecular flexibility index (Phi) is 6.28. The molecule has 5 heteroatoms. The van der Waals surface area contributed by atoms with E-state index in [4.69, 9.17) is 5.10 Å². The summed E-state index contributed by atoms with van der Waals surface area (Å²) in [5.41, 5.74) is 4.66. The van der Waals surface area contributed by atoms with Crippen molar-refractivity contribution in [1.29, 1.82) is 5.26 Å². The zero-order valence-electron chi connectivity index (χ0n) is 20.9. The second kappa shape index (κ2) is 10.2. The van der Waals surface area contributed by atoms with Gasteiger partial charge in [0.15, 0.2) is 0 Å². The summed E-state index contributed by atoms with van der Waals surface area (Å²) in [6, 6.07) is 41.1. The minimum atomic E-state index is -0.844. The van der Waals surface area contributed by atoms with Crippen molar-refractivity contribution < 1.29 is 4.39 Å². The first-order chi connectivity index (χ1) is 19.2. The van der Waals surface area contributed by atoms with Crippen LogP contribution in [-0.2, 0) is 5.54 Å².